The minimum atomic E-state index is -1.03. The number of hydrogen-bond donors (Lipinski definition) is 4. The van der Waals surface area contributed by atoms with Gasteiger partial charge in [0.2, 0.25) is 0 Å². The van der Waals surface area contributed by atoms with Crippen LogP contribution in [0.1, 0.15) is 17.1 Å². The number of benzene rings is 2. The summed E-state index contributed by atoms with van der Waals surface area (Å²) in [5.41, 5.74) is 3.82. The van der Waals surface area contributed by atoms with Crippen molar-refractivity contribution in [3.05, 3.63) is 81.7 Å². The van der Waals surface area contributed by atoms with Crippen LogP contribution in [0, 0.1) is 6.92 Å². The first-order chi connectivity index (χ1) is 16.7. The van der Waals surface area contributed by atoms with Crippen LogP contribution in [0.3, 0.4) is 0 Å². The number of nitrogens with one attached hydrogen (secondary N) is 4. The van der Waals surface area contributed by atoms with E-state index in [2.05, 4.69) is 26.5 Å². The van der Waals surface area contributed by atoms with Gasteiger partial charge in [-0.05, 0) is 49.4 Å². The van der Waals surface area contributed by atoms with Gasteiger partial charge in [-0.1, -0.05) is 40.9 Å². The second-order valence-electron chi connectivity index (χ2n) is 7.12. The Kier molecular flexibility index (Phi) is 8.60. The molecule has 0 aliphatic heterocycles. The third kappa shape index (κ3) is 7.98. The molecule has 4 amide bonds. The van der Waals surface area contributed by atoms with Crippen molar-refractivity contribution in [2.75, 3.05) is 10.6 Å². The Labute approximate surface area is 209 Å². The molecule has 0 fully saturated rings. The molecule has 35 heavy (non-hydrogen) atoms. The number of amides is 4. The third-order valence-corrected chi connectivity index (χ3v) is 4.74. The smallest absolute Gasteiger partial charge is 0.329 e. The summed E-state index contributed by atoms with van der Waals surface area (Å²) in [6.07, 6.45) is 1.16. The molecule has 1 aromatic heterocycles. The summed E-state index contributed by atoms with van der Waals surface area (Å²) in [5.74, 6) is -3.09. The van der Waals surface area contributed by atoms with Gasteiger partial charge in [0.25, 0.3) is 0 Å². The molecule has 0 aliphatic rings. The Morgan fingerprint density at radius 3 is 2.14 bits per heavy atom. The van der Waals surface area contributed by atoms with Crippen molar-refractivity contribution in [3.63, 3.8) is 0 Å². The highest BCUT2D eigenvalue weighted by Gasteiger charge is 2.15. The molecular formula is C23H19Cl2N5O5. The number of carbonyl (C=O) groups is 4. The van der Waals surface area contributed by atoms with Crippen LogP contribution in [0.5, 0.6) is 0 Å². The quantitative estimate of drug-likeness (QED) is 0.226. The van der Waals surface area contributed by atoms with Crippen LogP contribution in [0.2, 0.25) is 10.0 Å². The highest BCUT2D eigenvalue weighted by atomic mass is 35.5. The van der Waals surface area contributed by atoms with Crippen molar-refractivity contribution < 1.29 is 23.6 Å². The molecule has 0 aliphatic carbocycles. The Morgan fingerprint density at radius 2 is 1.46 bits per heavy atom. The maximum absolute atomic E-state index is 12.0. The Hall–Kier alpha value is -4.15. The van der Waals surface area contributed by atoms with Gasteiger partial charge < -0.3 is 20.4 Å². The normalized spacial score (nSPS) is 10.6. The fourth-order valence-corrected chi connectivity index (χ4v) is 3.18. The average Bonchev–Trinajstić information content (AvgIpc) is 3.25. The highest BCUT2D eigenvalue weighted by molar-refractivity contribution is 6.40. The van der Waals surface area contributed by atoms with Gasteiger partial charge in [0, 0.05) is 21.4 Å². The molecule has 10 nitrogen and oxygen atoms in total. The molecule has 4 N–H and O–H groups in total. The van der Waals surface area contributed by atoms with E-state index in [0.717, 1.165) is 11.8 Å². The SMILES string of the molecule is Cc1ccc(NC(=O)C(=O)NCc2ccc(/C=N/NC(=O)C(=O)Nc3cc(Cl)cc(Cl)c3)o2)cc1. The van der Waals surface area contributed by atoms with Gasteiger partial charge in [-0.15, -0.1) is 0 Å². The number of nitrogens with zero attached hydrogens (tertiary/aromatic N) is 1. The second-order valence-corrected chi connectivity index (χ2v) is 7.99. The number of hydrazone groups is 1. The first-order valence-corrected chi connectivity index (χ1v) is 10.8. The van der Waals surface area contributed by atoms with Crippen LogP contribution in [-0.4, -0.2) is 29.8 Å². The molecule has 12 heteroatoms. The van der Waals surface area contributed by atoms with E-state index in [9.17, 15) is 19.2 Å². The van der Waals surface area contributed by atoms with Crippen molar-refractivity contribution in [3.8, 4) is 0 Å². The zero-order valence-electron chi connectivity index (χ0n) is 18.2. The largest absolute Gasteiger partial charge is 0.458 e. The van der Waals surface area contributed by atoms with E-state index in [4.69, 9.17) is 27.6 Å². The van der Waals surface area contributed by atoms with Gasteiger partial charge in [-0.25, -0.2) is 5.43 Å². The van der Waals surface area contributed by atoms with Crippen LogP contribution in [-0.2, 0) is 25.7 Å². The number of anilines is 2. The van der Waals surface area contributed by atoms with E-state index < -0.39 is 23.6 Å². The Morgan fingerprint density at radius 1 is 0.829 bits per heavy atom. The van der Waals surface area contributed by atoms with E-state index in [-0.39, 0.29) is 18.0 Å². The maximum atomic E-state index is 12.0. The molecular weight excluding hydrogens is 497 g/mol. The van der Waals surface area contributed by atoms with Crippen LogP contribution in [0.4, 0.5) is 11.4 Å². The number of rotatable bonds is 6. The van der Waals surface area contributed by atoms with Crippen molar-refractivity contribution in [1.29, 1.82) is 0 Å². The van der Waals surface area contributed by atoms with Gasteiger partial charge in [-0.3, -0.25) is 19.2 Å². The minimum absolute atomic E-state index is 0.0506. The predicted molar refractivity (Wildman–Crippen MR) is 131 cm³/mol. The van der Waals surface area contributed by atoms with Crippen LogP contribution < -0.4 is 21.4 Å². The van der Waals surface area contributed by atoms with Gasteiger partial charge in [-0.2, -0.15) is 5.10 Å². The summed E-state index contributed by atoms with van der Waals surface area (Å²) >= 11 is 11.7. The molecule has 2 aromatic carbocycles. The van der Waals surface area contributed by atoms with Crippen molar-refractivity contribution in [1.82, 2.24) is 10.7 Å². The molecule has 0 spiro atoms. The lowest BCUT2D eigenvalue weighted by atomic mass is 10.2. The third-order valence-electron chi connectivity index (χ3n) is 4.31. The van der Waals surface area contributed by atoms with E-state index in [1.165, 1.54) is 24.3 Å². The lowest BCUT2D eigenvalue weighted by Gasteiger charge is -2.05. The fourth-order valence-electron chi connectivity index (χ4n) is 2.65. The Bertz CT molecular complexity index is 1270. The van der Waals surface area contributed by atoms with Crippen LogP contribution in [0.15, 0.2) is 64.1 Å². The van der Waals surface area contributed by atoms with Crippen LogP contribution in [0.25, 0.3) is 0 Å². The lowest BCUT2D eigenvalue weighted by Crippen LogP contribution is -2.34. The van der Waals surface area contributed by atoms with Crippen LogP contribution >= 0.6 is 23.2 Å². The number of furan rings is 1. The number of hydrogen-bond acceptors (Lipinski definition) is 6. The summed E-state index contributed by atoms with van der Waals surface area (Å²) in [6.45, 7) is 1.86. The standard InChI is InChI=1S/C23H19Cl2N5O5/c1-13-2-4-16(5-3-13)28-21(32)20(31)26-11-18-6-7-19(35-18)12-27-30-23(34)22(33)29-17-9-14(24)8-15(25)10-17/h2-10,12H,11H2,1H3,(H,26,31)(H,28,32)(H,29,33)(H,30,34)/b27-12+. The van der Waals surface area contributed by atoms with Crippen molar-refractivity contribution in [2.24, 2.45) is 5.10 Å². The molecule has 0 unspecified atom stereocenters. The molecule has 0 bridgehead atoms. The number of aryl methyl sites for hydroxylation is 1. The molecule has 3 aromatic rings. The maximum Gasteiger partial charge on any atom is 0.329 e. The Balaban J connectivity index is 1.44. The molecule has 1 heterocycles. The average molecular weight is 516 g/mol. The minimum Gasteiger partial charge on any atom is -0.458 e. The molecule has 0 saturated heterocycles. The summed E-state index contributed by atoms with van der Waals surface area (Å²) in [6, 6.07) is 14.4. The van der Waals surface area contributed by atoms with E-state index in [1.807, 2.05) is 19.1 Å². The lowest BCUT2D eigenvalue weighted by molar-refractivity contribution is -0.136. The topological polar surface area (TPSA) is 142 Å². The molecule has 0 radical (unpaired) electrons. The molecule has 3 rings (SSSR count). The first-order valence-electron chi connectivity index (χ1n) is 10.0. The van der Waals surface area contributed by atoms with Gasteiger partial charge >= 0.3 is 23.6 Å². The molecule has 180 valence electrons. The molecule has 0 atom stereocenters. The van der Waals surface area contributed by atoms with E-state index in [0.29, 0.717) is 21.5 Å². The van der Waals surface area contributed by atoms with Gasteiger partial charge in [0.1, 0.15) is 11.5 Å². The predicted octanol–water partition coefficient (Wildman–Crippen LogP) is 3.24. The number of halogens is 2. The zero-order chi connectivity index (χ0) is 25.4. The summed E-state index contributed by atoms with van der Waals surface area (Å²) in [7, 11) is 0. The zero-order valence-corrected chi connectivity index (χ0v) is 19.7. The van der Waals surface area contributed by atoms with Crippen molar-refractivity contribution >= 4 is 64.4 Å². The van der Waals surface area contributed by atoms with Crippen molar-refractivity contribution in [2.45, 2.75) is 13.5 Å². The highest BCUT2D eigenvalue weighted by Crippen LogP contribution is 2.22. The number of carbonyl (C=O) groups excluding carboxylic acids is 4. The van der Waals surface area contributed by atoms with E-state index in [1.54, 1.807) is 18.2 Å². The van der Waals surface area contributed by atoms with Gasteiger partial charge in [0.15, 0.2) is 0 Å². The summed E-state index contributed by atoms with van der Waals surface area (Å²) in [4.78, 5) is 47.8. The first kappa shape index (κ1) is 25.5. The van der Waals surface area contributed by atoms with E-state index >= 15 is 0 Å². The fraction of sp³-hybridized carbons (Fsp3) is 0.0870. The second kappa shape index (κ2) is 11.8. The monoisotopic (exact) mass is 515 g/mol. The van der Waals surface area contributed by atoms with Gasteiger partial charge in [0.05, 0.1) is 12.8 Å². The molecule has 0 saturated carbocycles. The summed E-state index contributed by atoms with van der Waals surface area (Å²) < 4.78 is 5.43. The summed E-state index contributed by atoms with van der Waals surface area (Å²) in [5, 5.41) is 11.5.